The fraction of sp³-hybridized carbons (Fsp3) is 0.400. The molecule has 0 unspecified atom stereocenters. The second-order valence-corrected chi connectivity index (χ2v) is 13.1. The lowest BCUT2D eigenvalue weighted by Gasteiger charge is -2.26. The van der Waals surface area contributed by atoms with Gasteiger partial charge in [0.1, 0.15) is 5.82 Å². The number of hydrogen-bond acceptors (Lipinski definition) is 7. The van der Waals surface area contributed by atoms with Crippen LogP contribution < -0.4 is 4.72 Å². The first-order chi connectivity index (χ1) is 21.9. The summed E-state index contributed by atoms with van der Waals surface area (Å²) in [5.74, 6) is 0.552. The first kappa shape index (κ1) is 32.2. The number of aryl methyl sites for hydroxylation is 2. The van der Waals surface area contributed by atoms with E-state index in [1.165, 1.54) is 19.3 Å². The summed E-state index contributed by atoms with van der Waals surface area (Å²) in [5, 5.41) is 9.16. The van der Waals surface area contributed by atoms with Crippen molar-refractivity contribution in [2.75, 3.05) is 31.0 Å². The van der Waals surface area contributed by atoms with Crippen LogP contribution in [0.3, 0.4) is 0 Å². The van der Waals surface area contributed by atoms with E-state index in [9.17, 15) is 13.2 Å². The Hall–Kier alpha value is -4.20. The van der Waals surface area contributed by atoms with E-state index in [4.69, 9.17) is 15.0 Å². The van der Waals surface area contributed by atoms with Gasteiger partial charge in [0.2, 0.25) is 0 Å². The van der Waals surface area contributed by atoms with Gasteiger partial charge in [-0.25, -0.2) is 13.4 Å². The van der Waals surface area contributed by atoms with Crippen LogP contribution in [0.4, 0.5) is 5.69 Å². The van der Waals surface area contributed by atoms with Crippen LogP contribution in [-0.4, -0.2) is 55.1 Å². The predicted octanol–water partition coefficient (Wildman–Crippen LogP) is 6.06. The van der Waals surface area contributed by atoms with Crippen LogP contribution in [0.2, 0.25) is 0 Å². The van der Waals surface area contributed by atoms with Crippen molar-refractivity contribution >= 4 is 32.7 Å². The highest BCUT2D eigenvalue weighted by Gasteiger charge is 2.20. The second kappa shape index (κ2) is 15.2. The van der Waals surface area contributed by atoms with Gasteiger partial charge in [-0.3, -0.25) is 9.52 Å². The number of nitrogens with one attached hydrogen (secondary N) is 1. The number of piperidine rings is 1. The number of hydrogen-bond donors (Lipinski definition) is 1. The lowest BCUT2D eigenvalue weighted by molar-refractivity contribution is -0.143. The van der Waals surface area contributed by atoms with E-state index in [-0.39, 0.29) is 5.97 Å². The number of nitriles is 1. The minimum Gasteiger partial charge on any atom is -0.466 e. The van der Waals surface area contributed by atoms with E-state index >= 15 is 0 Å². The maximum Gasteiger partial charge on any atom is 0.305 e. The zero-order chi connectivity index (χ0) is 31.6. The Morgan fingerprint density at radius 2 is 1.78 bits per heavy atom. The summed E-state index contributed by atoms with van der Waals surface area (Å²) in [6.45, 7) is 5.92. The van der Waals surface area contributed by atoms with Crippen LogP contribution in [0.5, 0.6) is 0 Å². The van der Waals surface area contributed by atoms with Gasteiger partial charge in [-0.1, -0.05) is 36.8 Å². The molecule has 0 saturated carbocycles. The molecule has 0 radical (unpaired) electrons. The molecule has 1 aliphatic rings. The number of aromatic nitrogens is 2. The van der Waals surface area contributed by atoms with Gasteiger partial charge in [-0.2, -0.15) is 5.26 Å². The normalized spacial score (nSPS) is 13.9. The van der Waals surface area contributed by atoms with Crippen molar-refractivity contribution in [2.24, 2.45) is 0 Å². The Balaban J connectivity index is 1.35. The Kier molecular flexibility index (Phi) is 10.9. The number of fused-ring (bicyclic) bond motifs is 1. The zero-order valence-corrected chi connectivity index (χ0v) is 26.7. The smallest absolute Gasteiger partial charge is 0.305 e. The Morgan fingerprint density at radius 3 is 2.53 bits per heavy atom. The van der Waals surface area contributed by atoms with Crippen molar-refractivity contribution in [2.45, 2.75) is 69.7 Å². The first-order valence-electron chi connectivity index (χ1n) is 15.8. The Bertz CT molecular complexity index is 1750. The van der Waals surface area contributed by atoms with Crippen LogP contribution in [0.25, 0.3) is 11.0 Å². The molecule has 1 aromatic heterocycles. The van der Waals surface area contributed by atoms with E-state index in [1.54, 1.807) is 43.3 Å². The molecule has 3 aromatic carbocycles. The largest absolute Gasteiger partial charge is 0.466 e. The summed E-state index contributed by atoms with van der Waals surface area (Å²) in [6, 6.07) is 22.1. The lowest BCUT2D eigenvalue weighted by atomic mass is 10.1. The minimum atomic E-state index is -3.83. The molecule has 9 nitrogen and oxygen atoms in total. The van der Waals surface area contributed by atoms with Crippen LogP contribution in [0.1, 0.15) is 68.0 Å². The summed E-state index contributed by atoms with van der Waals surface area (Å²) in [7, 11) is -3.83. The van der Waals surface area contributed by atoms with Gasteiger partial charge in [0.15, 0.2) is 0 Å². The maximum absolute atomic E-state index is 13.6. The monoisotopic (exact) mass is 627 g/mol. The molecular formula is C35H41N5O4S. The molecule has 0 bridgehead atoms. The molecule has 5 rings (SSSR count). The molecular weight excluding hydrogens is 586 g/mol. The fourth-order valence-corrected chi connectivity index (χ4v) is 7.30. The van der Waals surface area contributed by atoms with Crippen molar-refractivity contribution < 1.29 is 17.9 Å². The number of anilines is 1. The van der Waals surface area contributed by atoms with Gasteiger partial charge in [0.25, 0.3) is 10.0 Å². The minimum absolute atomic E-state index is 0.237. The van der Waals surface area contributed by atoms with Crippen molar-refractivity contribution in [1.29, 1.82) is 5.26 Å². The van der Waals surface area contributed by atoms with E-state index in [0.717, 1.165) is 48.5 Å². The van der Waals surface area contributed by atoms with Crippen LogP contribution in [-0.2, 0) is 38.9 Å². The number of imidazole rings is 1. The highest BCUT2D eigenvalue weighted by atomic mass is 32.2. The molecule has 4 aromatic rings. The number of ether oxygens (including phenoxy) is 1. The third kappa shape index (κ3) is 8.50. The molecule has 1 aliphatic heterocycles. The summed E-state index contributed by atoms with van der Waals surface area (Å²) >= 11 is 0. The maximum atomic E-state index is 13.6. The molecule has 0 spiro atoms. The van der Waals surface area contributed by atoms with Gasteiger partial charge < -0.3 is 14.2 Å². The summed E-state index contributed by atoms with van der Waals surface area (Å²) in [6.07, 6.45) is 6.77. The zero-order valence-electron chi connectivity index (χ0n) is 25.9. The molecule has 10 heteroatoms. The number of sulfonamides is 1. The Morgan fingerprint density at radius 1 is 1.00 bits per heavy atom. The van der Waals surface area contributed by atoms with Gasteiger partial charge >= 0.3 is 5.97 Å². The van der Waals surface area contributed by atoms with Crippen molar-refractivity contribution in [3.63, 3.8) is 0 Å². The number of benzene rings is 3. The molecule has 0 amide bonds. The highest BCUT2D eigenvalue weighted by Crippen LogP contribution is 2.26. The molecule has 1 saturated heterocycles. The topological polar surface area (TPSA) is 117 Å². The standard InChI is InChI=1S/C35H41N5O4S/c1-2-44-35(41)13-9-23-40-32-19-18-30(25-31(32)37-34(40)24-27-14-16-28(26-36)17-15-27)38-45(42,43)33-12-5-4-10-29(33)11-8-22-39-20-6-3-7-21-39/h4-5,10,12,14-19,25,38H,2-3,6-9,11,13,20-24H2,1H3. The van der Waals surface area contributed by atoms with Crippen LogP contribution >= 0.6 is 0 Å². The summed E-state index contributed by atoms with van der Waals surface area (Å²) in [4.78, 5) is 19.6. The second-order valence-electron chi connectivity index (χ2n) is 11.5. The number of esters is 1. The quantitative estimate of drug-likeness (QED) is 0.169. The van der Waals surface area contributed by atoms with Gasteiger partial charge in [0.05, 0.1) is 39.9 Å². The summed E-state index contributed by atoms with van der Waals surface area (Å²) in [5.41, 5.74) is 4.34. The molecule has 0 atom stereocenters. The van der Waals surface area contributed by atoms with Gasteiger partial charge in [-0.15, -0.1) is 0 Å². The first-order valence-corrected chi connectivity index (χ1v) is 17.3. The number of rotatable bonds is 14. The third-order valence-corrected chi connectivity index (χ3v) is 9.71. The third-order valence-electron chi connectivity index (χ3n) is 8.22. The highest BCUT2D eigenvalue weighted by molar-refractivity contribution is 7.92. The van der Waals surface area contributed by atoms with Crippen molar-refractivity contribution in [1.82, 2.24) is 14.5 Å². The average molecular weight is 628 g/mol. The number of likely N-dealkylation sites (tertiary alicyclic amines) is 1. The molecule has 1 N–H and O–H groups in total. The summed E-state index contributed by atoms with van der Waals surface area (Å²) < 4.78 is 37.2. The van der Waals surface area contributed by atoms with E-state index < -0.39 is 10.0 Å². The predicted molar refractivity (Wildman–Crippen MR) is 175 cm³/mol. The fourth-order valence-electron chi connectivity index (χ4n) is 5.98. The van der Waals surface area contributed by atoms with Crippen LogP contribution in [0.15, 0.2) is 71.6 Å². The number of carbonyl (C=O) groups is 1. The molecule has 0 aliphatic carbocycles. The van der Waals surface area contributed by atoms with E-state index in [1.807, 2.05) is 30.3 Å². The van der Waals surface area contributed by atoms with Crippen molar-refractivity contribution in [3.05, 3.63) is 89.2 Å². The van der Waals surface area contributed by atoms with Crippen molar-refractivity contribution in [3.8, 4) is 6.07 Å². The average Bonchev–Trinajstić information content (AvgIpc) is 3.37. The lowest BCUT2D eigenvalue weighted by Crippen LogP contribution is -2.30. The Labute approximate surface area is 265 Å². The molecule has 45 heavy (non-hydrogen) atoms. The van der Waals surface area contributed by atoms with E-state index in [0.29, 0.717) is 60.5 Å². The van der Waals surface area contributed by atoms with Gasteiger partial charge in [-0.05, 0) is 106 Å². The number of nitrogens with zero attached hydrogens (tertiary/aromatic N) is 4. The number of carbonyl (C=O) groups excluding carboxylic acids is 1. The molecule has 1 fully saturated rings. The van der Waals surface area contributed by atoms with Crippen LogP contribution in [0, 0.1) is 11.3 Å². The molecule has 236 valence electrons. The van der Waals surface area contributed by atoms with E-state index in [2.05, 4.69) is 20.3 Å². The van der Waals surface area contributed by atoms with Gasteiger partial charge in [0, 0.05) is 19.4 Å². The molecule has 2 heterocycles. The SMILES string of the molecule is CCOC(=O)CCCn1c(Cc2ccc(C#N)cc2)nc2cc(NS(=O)(=O)c3ccccc3CCCN3CCCCC3)ccc21.